The van der Waals surface area contributed by atoms with E-state index < -0.39 is 24.1 Å². The first-order valence-corrected chi connectivity index (χ1v) is 12.6. The van der Waals surface area contributed by atoms with Gasteiger partial charge in [0.2, 0.25) is 0 Å². The van der Waals surface area contributed by atoms with Crippen LogP contribution < -0.4 is 4.74 Å². The van der Waals surface area contributed by atoms with Crippen molar-refractivity contribution in [3.05, 3.63) is 60.2 Å². The highest BCUT2D eigenvalue weighted by Crippen LogP contribution is 2.32. The van der Waals surface area contributed by atoms with Crippen LogP contribution in [0.25, 0.3) is 0 Å². The molecule has 1 aliphatic heterocycles. The second kappa shape index (κ2) is 14.1. The number of aliphatic hydroxyl groups excluding tert-OH is 1. The second-order valence-corrected chi connectivity index (χ2v) is 9.00. The minimum absolute atomic E-state index is 0.198. The molecule has 0 bridgehead atoms. The van der Waals surface area contributed by atoms with E-state index in [1.807, 2.05) is 54.6 Å². The molecule has 1 unspecified atom stereocenters. The maximum Gasteiger partial charge on any atom is 0.309 e. The molecule has 0 amide bonds. The van der Waals surface area contributed by atoms with E-state index in [2.05, 4.69) is 6.92 Å². The van der Waals surface area contributed by atoms with Crippen molar-refractivity contribution >= 4 is 5.97 Å². The number of carboxylic acid groups (broad SMARTS) is 1. The second-order valence-electron chi connectivity index (χ2n) is 9.00. The summed E-state index contributed by atoms with van der Waals surface area (Å²) in [7, 11) is 0. The zero-order valence-corrected chi connectivity index (χ0v) is 20.1. The fourth-order valence-corrected chi connectivity index (χ4v) is 4.30. The predicted molar refractivity (Wildman–Crippen MR) is 131 cm³/mol. The minimum Gasteiger partial charge on any atom is -0.481 e. The highest BCUT2D eigenvalue weighted by atomic mass is 16.7. The quantitative estimate of drug-likeness (QED) is 0.307. The molecule has 2 aromatic rings. The molecule has 1 saturated heterocycles. The number of ether oxygens (including phenoxy) is 3. The van der Waals surface area contributed by atoms with Crippen molar-refractivity contribution in [1.82, 2.24) is 0 Å². The van der Waals surface area contributed by atoms with Crippen molar-refractivity contribution in [2.24, 2.45) is 5.92 Å². The van der Waals surface area contributed by atoms with Gasteiger partial charge >= 0.3 is 5.97 Å². The van der Waals surface area contributed by atoms with Crippen LogP contribution in [0.2, 0.25) is 0 Å². The number of benzene rings is 2. The van der Waals surface area contributed by atoms with Gasteiger partial charge in [-0.15, -0.1) is 0 Å². The molecule has 6 nitrogen and oxygen atoms in total. The van der Waals surface area contributed by atoms with Crippen LogP contribution in [0.4, 0.5) is 0 Å². The lowest BCUT2D eigenvalue weighted by atomic mass is 9.90. The predicted octanol–water partition coefficient (Wildman–Crippen LogP) is 6.49. The first kappa shape index (κ1) is 26.2. The van der Waals surface area contributed by atoms with Crippen LogP contribution in [0.15, 0.2) is 54.6 Å². The van der Waals surface area contributed by atoms with Crippen molar-refractivity contribution in [3.8, 4) is 11.5 Å². The lowest BCUT2D eigenvalue weighted by Gasteiger charge is -2.30. The Hall–Kier alpha value is -2.41. The van der Waals surface area contributed by atoms with Gasteiger partial charge in [0, 0.05) is 13.0 Å². The fraction of sp³-hybridized carbons (Fsp3) is 0.536. The van der Waals surface area contributed by atoms with E-state index in [1.165, 1.54) is 0 Å². The number of rotatable bonds is 14. The van der Waals surface area contributed by atoms with Crippen LogP contribution in [0, 0.1) is 5.92 Å². The number of para-hydroxylation sites is 1. The van der Waals surface area contributed by atoms with Crippen LogP contribution in [0.5, 0.6) is 11.5 Å². The summed E-state index contributed by atoms with van der Waals surface area (Å²) in [6.45, 7) is 2.77. The molecular formula is C28H38O6. The van der Waals surface area contributed by atoms with Crippen LogP contribution >= 0.6 is 0 Å². The molecule has 0 radical (unpaired) electrons. The summed E-state index contributed by atoms with van der Waals surface area (Å²) >= 11 is 0. The summed E-state index contributed by atoms with van der Waals surface area (Å²) in [4.78, 5) is 11.9. The SMILES string of the molecule is CCCCCC[C@H](C(=O)O)[C@@H](O)C[C@H](OC1CCCCO1)c1ccc(Oc2ccccc2)cc1. The number of carbonyl (C=O) groups is 1. The maximum absolute atomic E-state index is 11.9. The number of hydrogen-bond acceptors (Lipinski definition) is 5. The van der Waals surface area contributed by atoms with Gasteiger partial charge in [-0.25, -0.2) is 0 Å². The highest BCUT2D eigenvalue weighted by Gasteiger charge is 2.31. The molecule has 0 saturated carbocycles. The third-order valence-electron chi connectivity index (χ3n) is 6.29. The van der Waals surface area contributed by atoms with E-state index in [0.717, 1.165) is 56.3 Å². The first-order valence-electron chi connectivity index (χ1n) is 12.6. The molecule has 34 heavy (non-hydrogen) atoms. The molecule has 0 aliphatic carbocycles. The van der Waals surface area contributed by atoms with Crippen molar-refractivity contribution < 1.29 is 29.2 Å². The van der Waals surface area contributed by atoms with Gasteiger partial charge in [0.25, 0.3) is 0 Å². The average Bonchev–Trinajstić information content (AvgIpc) is 2.85. The summed E-state index contributed by atoms with van der Waals surface area (Å²) in [5.74, 6) is -0.317. The zero-order chi connectivity index (χ0) is 24.2. The number of aliphatic carboxylic acids is 1. The van der Waals surface area contributed by atoms with E-state index in [0.29, 0.717) is 18.8 Å². The zero-order valence-electron chi connectivity index (χ0n) is 20.1. The number of hydrogen-bond donors (Lipinski definition) is 2. The van der Waals surface area contributed by atoms with E-state index >= 15 is 0 Å². The monoisotopic (exact) mass is 470 g/mol. The average molecular weight is 471 g/mol. The lowest BCUT2D eigenvalue weighted by molar-refractivity contribution is -0.196. The van der Waals surface area contributed by atoms with E-state index in [4.69, 9.17) is 14.2 Å². The van der Waals surface area contributed by atoms with Crippen molar-refractivity contribution in [2.75, 3.05) is 6.61 Å². The van der Waals surface area contributed by atoms with Gasteiger partial charge in [-0.05, 0) is 55.5 Å². The molecule has 3 rings (SSSR count). The third kappa shape index (κ3) is 8.42. The Morgan fingerprint density at radius 2 is 1.76 bits per heavy atom. The van der Waals surface area contributed by atoms with Gasteiger partial charge < -0.3 is 24.4 Å². The summed E-state index contributed by atoms with van der Waals surface area (Å²) in [6.07, 6.45) is 5.60. The summed E-state index contributed by atoms with van der Waals surface area (Å²) in [5, 5.41) is 20.7. The van der Waals surface area contributed by atoms with Crippen LogP contribution in [-0.2, 0) is 14.3 Å². The Labute approximate surface area is 202 Å². The van der Waals surface area contributed by atoms with Crippen molar-refractivity contribution in [1.29, 1.82) is 0 Å². The largest absolute Gasteiger partial charge is 0.481 e. The Kier molecular flexibility index (Phi) is 10.9. The Morgan fingerprint density at radius 1 is 1.03 bits per heavy atom. The smallest absolute Gasteiger partial charge is 0.309 e. The molecule has 1 fully saturated rings. The highest BCUT2D eigenvalue weighted by molar-refractivity contribution is 5.70. The summed E-state index contributed by atoms with van der Waals surface area (Å²) in [5.41, 5.74) is 0.865. The molecule has 186 valence electrons. The van der Waals surface area contributed by atoms with Crippen molar-refractivity contribution in [3.63, 3.8) is 0 Å². The van der Waals surface area contributed by atoms with Gasteiger partial charge in [-0.3, -0.25) is 4.79 Å². The Bertz CT molecular complexity index is 832. The van der Waals surface area contributed by atoms with Gasteiger partial charge in [0.05, 0.1) is 18.1 Å². The standard InChI is InChI=1S/C28H38O6/c1-2-3-4-8-13-24(28(30)31)25(29)20-26(34-27-14-9-10-19-32-27)21-15-17-23(18-16-21)33-22-11-6-5-7-12-22/h5-7,11-12,15-18,24-27,29H,2-4,8-10,13-14,19-20H2,1H3,(H,30,31)/t24-,25-,26-,27?/m0/s1. The third-order valence-corrected chi connectivity index (χ3v) is 6.29. The number of aliphatic hydroxyl groups is 1. The molecule has 0 spiro atoms. The normalized spacial score (nSPS) is 18.7. The molecular weight excluding hydrogens is 432 g/mol. The molecule has 2 N–H and O–H groups in total. The van der Waals surface area contributed by atoms with E-state index in [1.54, 1.807) is 0 Å². The van der Waals surface area contributed by atoms with Crippen LogP contribution in [0.1, 0.15) is 76.4 Å². The lowest BCUT2D eigenvalue weighted by Crippen LogP contribution is -2.32. The van der Waals surface area contributed by atoms with Crippen LogP contribution in [0.3, 0.4) is 0 Å². The van der Waals surface area contributed by atoms with Gasteiger partial charge in [0.1, 0.15) is 11.5 Å². The van der Waals surface area contributed by atoms with Gasteiger partial charge in [-0.1, -0.05) is 62.9 Å². The molecule has 1 heterocycles. The molecule has 0 aromatic heterocycles. The molecule has 2 aromatic carbocycles. The number of unbranched alkanes of at least 4 members (excludes halogenated alkanes) is 3. The molecule has 1 aliphatic rings. The minimum atomic E-state index is -1.01. The van der Waals surface area contributed by atoms with Gasteiger partial charge in [-0.2, -0.15) is 0 Å². The summed E-state index contributed by atoms with van der Waals surface area (Å²) < 4.78 is 17.9. The summed E-state index contributed by atoms with van der Waals surface area (Å²) in [6, 6.07) is 17.1. The van der Waals surface area contributed by atoms with E-state index in [9.17, 15) is 15.0 Å². The molecule has 4 atom stereocenters. The Balaban J connectivity index is 1.70. The van der Waals surface area contributed by atoms with E-state index in [-0.39, 0.29) is 12.7 Å². The topological polar surface area (TPSA) is 85.2 Å². The van der Waals surface area contributed by atoms with Crippen molar-refractivity contribution in [2.45, 2.75) is 83.2 Å². The first-order chi connectivity index (χ1) is 16.6. The molecule has 6 heteroatoms. The maximum atomic E-state index is 11.9. The van der Waals surface area contributed by atoms with Gasteiger partial charge in [0.15, 0.2) is 6.29 Å². The fourth-order valence-electron chi connectivity index (χ4n) is 4.30. The Morgan fingerprint density at radius 3 is 2.41 bits per heavy atom. The van der Waals surface area contributed by atoms with Crippen LogP contribution in [-0.4, -0.2) is 35.2 Å². The number of carboxylic acids is 1.